The molecule has 0 bridgehead atoms. The number of hydrogen-bond donors (Lipinski definition) is 3. The van der Waals surface area contributed by atoms with Gasteiger partial charge in [-0.1, -0.05) is 11.8 Å². The van der Waals surface area contributed by atoms with Crippen LogP contribution in [0, 0.1) is 23.7 Å². The molecular weight excluding hydrogens is 190 g/mol. The van der Waals surface area contributed by atoms with Gasteiger partial charge in [0.1, 0.15) is 0 Å². The Morgan fingerprint density at radius 2 is 1.27 bits per heavy atom. The highest BCUT2D eigenvalue weighted by molar-refractivity contribution is 5.33. The first-order valence-electron chi connectivity index (χ1n) is 4.74. The first-order valence-corrected chi connectivity index (χ1v) is 4.74. The smallest absolute Gasteiger partial charge is 0.151 e. The summed E-state index contributed by atoms with van der Waals surface area (Å²) in [5.41, 5.74) is 2.24. The Labute approximate surface area is 91.7 Å². The molecule has 0 amide bonds. The molecule has 3 heteroatoms. The minimum absolute atomic E-state index is 0.602. The van der Waals surface area contributed by atoms with Crippen molar-refractivity contribution in [1.29, 1.82) is 0 Å². The second-order valence-corrected chi connectivity index (χ2v) is 4.85. The lowest BCUT2D eigenvalue weighted by Crippen LogP contribution is -2.46. The van der Waals surface area contributed by atoms with Crippen LogP contribution >= 0.6 is 0 Å². The quantitative estimate of drug-likeness (QED) is 0.542. The molecule has 0 aliphatic heterocycles. The molecule has 0 aliphatic rings. The third-order valence-electron chi connectivity index (χ3n) is 1.94. The second kappa shape index (κ2) is 4.24. The largest absolute Gasteiger partial charge is 0.386 e. The van der Waals surface area contributed by atoms with E-state index in [1.165, 1.54) is 20.8 Å². The van der Waals surface area contributed by atoms with Crippen LogP contribution in [0.5, 0.6) is 0 Å². The van der Waals surface area contributed by atoms with E-state index in [0.29, 0.717) is 0 Å². The average molecular weight is 209 g/mol. The molecule has 0 heterocycles. The molecule has 0 saturated carbocycles. The molecule has 84 valence electrons. The fraction of sp³-hybridized carbons (Fsp3) is 0.667. The van der Waals surface area contributed by atoms with Gasteiger partial charge < -0.3 is 15.9 Å². The molecule has 1 unspecified atom stereocenters. The van der Waals surface area contributed by atoms with Gasteiger partial charge in [0.15, 0.2) is 5.60 Å². The Morgan fingerprint density at radius 3 is 1.60 bits per heavy atom. The second-order valence-electron chi connectivity index (χ2n) is 4.85. The summed E-state index contributed by atoms with van der Waals surface area (Å²) in [5, 5.41) is 19.3. The summed E-state index contributed by atoms with van der Waals surface area (Å²) < 4.78 is 0. The van der Waals surface area contributed by atoms with E-state index < -0.39 is 16.7 Å². The van der Waals surface area contributed by atoms with Crippen molar-refractivity contribution in [2.75, 3.05) is 0 Å². The van der Waals surface area contributed by atoms with Crippen LogP contribution in [0.2, 0.25) is 0 Å². The number of hydrogen-bond acceptors (Lipinski definition) is 3. The van der Waals surface area contributed by atoms with E-state index >= 15 is 0 Å². The Hall–Kier alpha value is -1.00. The zero-order valence-electron chi connectivity index (χ0n) is 9.97. The van der Waals surface area contributed by atoms with Crippen molar-refractivity contribution in [1.82, 2.24) is 0 Å². The molecule has 3 nitrogen and oxygen atoms in total. The van der Waals surface area contributed by atoms with E-state index in [-0.39, 0.29) is 0 Å². The lowest BCUT2D eigenvalue weighted by Gasteiger charge is -2.30. The Morgan fingerprint density at radius 1 is 0.867 bits per heavy atom. The fourth-order valence-electron chi connectivity index (χ4n) is 0.498. The molecule has 0 fully saturated rings. The summed E-state index contributed by atoms with van der Waals surface area (Å²) in [6.07, 6.45) is 0. The monoisotopic (exact) mass is 209 g/mol. The standard InChI is InChI=1S/C12H19NO2/c1-10(2,13)8-6-7-9-12(5,15)11(3,4)14/h14-15H,13H2,1-5H3. The van der Waals surface area contributed by atoms with Gasteiger partial charge in [0.2, 0.25) is 0 Å². The van der Waals surface area contributed by atoms with E-state index in [1.807, 2.05) is 0 Å². The van der Waals surface area contributed by atoms with Crippen molar-refractivity contribution in [3.8, 4) is 23.7 Å². The first-order chi connectivity index (χ1) is 6.46. The van der Waals surface area contributed by atoms with E-state index in [4.69, 9.17) is 5.73 Å². The molecule has 1 atom stereocenters. The predicted molar refractivity (Wildman–Crippen MR) is 60.7 cm³/mol. The van der Waals surface area contributed by atoms with Gasteiger partial charge >= 0.3 is 0 Å². The van der Waals surface area contributed by atoms with Crippen molar-refractivity contribution >= 4 is 0 Å². The summed E-state index contributed by atoms with van der Waals surface area (Å²) in [4.78, 5) is 0. The summed E-state index contributed by atoms with van der Waals surface area (Å²) in [6, 6.07) is 0. The fourth-order valence-corrected chi connectivity index (χ4v) is 0.498. The predicted octanol–water partition coefficient (Wildman–Crippen LogP) is 0.252. The Kier molecular flexibility index (Phi) is 3.96. The maximum absolute atomic E-state index is 9.76. The molecule has 4 N–H and O–H groups in total. The highest BCUT2D eigenvalue weighted by Crippen LogP contribution is 2.19. The normalized spacial score (nSPS) is 15.5. The van der Waals surface area contributed by atoms with Crippen LogP contribution in [0.25, 0.3) is 0 Å². The first kappa shape index (κ1) is 14.0. The topological polar surface area (TPSA) is 66.5 Å². The van der Waals surface area contributed by atoms with Crippen molar-refractivity contribution in [2.24, 2.45) is 5.73 Å². The van der Waals surface area contributed by atoms with Gasteiger partial charge in [-0.25, -0.2) is 0 Å². The highest BCUT2D eigenvalue weighted by Gasteiger charge is 2.35. The molecular formula is C12H19NO2. The van der Waals surface area contributed by atoms with Gasteiger partial charge in [0.05, 0.1) is 11.1 Å². The lowest BCUT2D eigenvalue weighted by molar-refractivity contribution is -0.0820. The molecule has 0 saturated heterocycles. The van der Waals surface area contributed by atoms with Gasteiger partial charge in [-0.05, 0) is 46.5 Å². The lowest BCUT2D eigenvalue weighted by atomic mass is 9.88. The summed E-state index contributed by atoms with van der Waals surface area (Å²) in [7, 11) is 0. The average Bonchev–Trinajstić information content (AvgIpc) is 1.94. The zero-order valence-corrected chi connectivity index (χ0v) is 9.97. The highest BCUT2D eigenvalue weighted by atomic mass is 16.3. The molecule has 0 aromatic carbocycles. The molecule has 0 aliphatic carbocycles. The van der Waals surface area contributed by atoms with Crippen molar-refractivity contribution in [3.63, 3.8) is 0 Å². The van der Waals surface area contributed by atoms with Gasteiger partial charge in [0, 0.05) is 0 Å². The molecule has 0 aromatic rings. The number of rotatable bonds is 1. The van der Waals surface area contributed by atoms with Gasteiger partial charge in [0.25, 0.3) is 0 Å². The third-order valence-corrected chi connectivity index (χ3v) is 1.94. The maximum atomic E-state index is 9.76. The van der Waals surface area contributed by atoms with Crippen molar-refractivity contribution in [3.05, 3.63) is 0 Å². The van der Waals surface area contributed by atoms with Crippen LogP contribution in [-0.4, -0.2) is 27.0 Å². The van der Waals surface area contributed by atoms with Crippen LogP contribution in [0.4, 0.5) is 0 Å². The summed E-state index contributed by atoms with van der Waals surface area (Å²) in [6.45, 7) is 7.94. The van der Waals surface area contributed by atoms with Gasteiger partial charge in [-0.3, -0.25) is 0 Å². The molecule has 15 heavy (non-hydrogen) atoms. The van der Waals surface area contributed by atoms with Gasteiger partial charge in [-0.2, -0.15) is 0 Å². The Balaban J connectivity index is 4.75. The third kappa shape index (κ3) is 5.44. The Bertz CT molecular complexity index is 334. The van der Waals surface area contributed by atoms with Crippen molar-refractivity contribution < 1.29 is 10.2 Å². The van der Waals surface area contributed by atoms with E-state index in [1.54, 1.807) is 13.8 Å². The van der Waals surface area contributed by atoms with Crippen LogP contribution in [0.3, 0.4) is 0 Å². The SMILES string of the molecule is CC(C)(N)C#CC#CC(C)(O)C(C)(C)O. The van der Waals surface area contributed by atoms with E-state index in [0.717, 1.165) is 0 Å². The molecule has 0 rings (SSSR count). The minimum Gasteiger partial charge on any atom is -0.386 e. The zero-order chi connectivity index (χ0) is 12.3. The van der Waals surface area contributed by atoms with E-state index in [2.05, 4.69) is 23.7 Å². The van der Waals surface area contributed by atoms with Gasteiger partial charge in [-0.15, -0.1) is 0 Å². The van der Waals surface area contributed by atoms with Crippen LogP contribution < -0.4 is 5.73 Å². The van der Waals surface area contributed by atoms with E-state index in [9.17, 15) is 10.2 Å². The number of nitrogens with two attached hydrogens (primary N) is 1. The summed E-state index contributed by atoms with van der Waals surface area (Å²) >= 11 is 0. The number of aliphatic hydroxyl groups is 2. The van der Waals surface area contributed by atoms with Crippen LogP contribution in [0.15, 0.2) is 0 Å². The summed E-state index contributed by atoms with van der Waals surface area (Å²) in [5.74, 6) is 10.2. The van der Waals surface area contributed by atoms with Crippen molar-refractivity contribution in [2.45, 2.75) is 51.4 Å². The maximum Gasteiger partial charge on any atom is 0.151 e. The minimum atomic E-state index is -1.49. The molecule has 0 radical (unpaired) electrons. The van der Waals surface area contributed by atoms with Crippen LogP contribution in [0.1, 0.15) is 34.6 Å². The van der Waals surface area contributed by atoms with Crippen LogP contribution in [-0.2, 0) is 0 Å². The molecule has 0 aromatic heterocycles. The molecule has 0 spiro atoms.